The molecular formula is C18H24N4O2. The van der Waals surface area contributed by atoms with Gasteiger partial charge in [0.25, 0.3) is 0 Å². The van der Waals surface area contributed by atoms with Crippen LogP contribution < -0.4 is 10.1 Å². The van der Waals surface area contributed by atoms with Gasteiger partial charge in [-0.15, -0.1) is 10.2 Å². The van der Waals surface area contributed by atoms with Crippen molar-refractivity contribution in [3.63, 3.8) is 0 Å². The Bertz CT molecular complexity index is 663. The van der Waals surface area contributed by atoms with Crippen molar-refractivity contribution in [3.05, 3.63) is 42.0 Å². The number of nitrogens with one attached hydrogen (secondary N) is 1. The summed E-state index contributed by atoms with van der Waals surface area (Å²) in [7, 11) is 0. The van der Waals surface area contributed by atoms with E-state index in [1.807, 2.05) is 24.5 Å². The molecular weight excluding hydrogens is 304 g/mol. The highest BCUT2D eigenvalue weighted by molar-refractivity contribution is 5.33. The molecule has 0 bridgehead atoms. The molecule has 0 spiro atoms. The van der Waals surface area contributed by atoms with Crippen LogP contribution >= 0.6 is 0 Å². The summed E-state index contributed by atoms with van der Waals surface area (Å²) in [6.07, 6.45) is 6.79. The molecule has 6 heteroatoms. The number of aromatic nitrogens is 3. The number of rotatable bonds is 8. The zero-order chi connectivity index (χ0) is 16.2. The van der Waals surface area contributed by atoms with Crippen molar-refractivity contribution in [1.82, 2.24) is 20.1 Å². The lowest BCUT2D eigenvalue weighted by molar-refractivity contribution is 0.0676. The first-order valence-corrected chi connectivity index (χ1v) is 8.81. The van der Waals surface area contributed by atoms with Gasteiger partial charge in [0.15, 0.2) is 0 Å². The molecule has 2 aromatic rings. The fraction of sp³-hybridized carbons (Fsp3) is 0.556. The third-order valence-corrected chi connectivity index (χ3v) is 4.61. The minimum absolute atomic E-state index is 0.239. The number of hydrogen-bond donors (Lipinski definition) is 1. The second-order valence-electron chi connectivity index (χ2n) is 6.54. The Balaban J connectivity index is 1.31. The first kappa shape index (κ1) is 15.6. The minimum Gasteiger partial charge on any atom is -0.491 e. The van der Waals surface area contributed by atoms with Gasteiger partial charge in [-0.1, -0.05) is 18.2 Å². The summed E-state index contributed by atoms with van der Waals surface area (Å²) in [6, 6.07) is 8.79. The van der Waals surface area contributed by atoms with E-state index in [9.17, 15) is 0 Å². The predicted octanol–water partition coefficient (Wildman–Crippen LogP) is 2.46. The van der Waals surface area contributed by atoms with E-state index < -0.39 is 0 Å². The lowest BCUT2D eigenvalue weighted by Crippen LogP contribution is -2.19. The van der Waals surface area contributed by atoms with Crippen LogP contribution in [0.15, 0.2) is 30.6 Å². The van der Waals surface area contributed by atoms with E-state index in [-0.39, 0.29) is 6.10 Å². The van der Waals surface area contributed by atoms with E-state index in [1.54, 1.807) is 0 Å². The first-order chi connectivity index (χ1) is 11.9. The molecule has 1 N–H and O–H groups in total. The maximum atomic E-state index is 5.98. The summed E-state index contributed by atoms with van der Waals surface area (Å²) in [5.74, 6) is 1.94. The average Bonchev–Trinajstić information content (AvgIpc) is 3.12. The fourth-order valence-electron chi connectivity index (χ4n) is 3.11. The molecule has 1 saturated heterocycles. The van der Waals surface area contributed by atoms with Crippen molar-refractivity contribution < 1.29 is 9.47 Å². The Morgan fingerprint density at radius 3 is 2.96 bits per heavy atom. The van der Waals surface area contributed by atoms with Crippen molar-refractivity contribution in [3.8, 4) is 5.75 Å². The Labute approximate surface area is 142 Å². The minimum atomic E-state index is 0.239. The van der Waals surface area contributed by atoms with E-state index in [0.29, 0.717) is 12.6 Å². The summed E-state index contributed by atoms with van der Waals surface area (Å²) >= 11 is 0. The first-order valence-electron chi connectivity index (χ1n) is 8.81. The molecule has 1 aliphatic carbocycles. The largest absolute Gasteiger partial charge is 0.491 e. The van der Waals surface area contributed by atoms with Crippen LogP contribution in [0.3, 0.4) is 0 Å². The molecule has 2 heterocycles. The van der Waals surface area contributed by atoms with Crippen molar-refractivity contribution in [2.75, 3.05) is 13.2 Å². The van der Waals surface area contributed by atoms with Crippen LogP contribution in [0.1, 0.15) is 43.1 Å². The monoisotopic (exact) mass is 328 g/mol. The summed E-state index contributed by atoms with van der Waals surface area (Å²) in [4.78, 5) is 0. The summed E-state index contributed by atoms with van der Waals surface area (Å²) < 4.78 is 13.8. The maximum Gasteiger partial charge on any atom is 0.147 e. The van der Waals surface area contributed by atoms with Crippen molar-refractivity contribution in [1.29, 1.82) is 0 Å². The molecule has 0 radical (unpaired) electrons. The Kier molecular flexibility index (Phi) is 4.76. The summed E-state index contributed by atoms with van der Waals surface area (Å²) in [5, 5.41) is 11.7. The molecule has 1 aromatic heterocycles. The van der Waals surface area contributed by atoms with E-state index >= 15 is 0 Å². The SMILES string of the molecule is c1ccc(OC[C@H]2CCCO2)c(CNCc2nncn2C2CC2)c1. The molecule has 0 unspecified atom stereocenters. The lowest BCUT2D eigenvalue weighted by atomic mass is 10.2. The van der Waals surface area contributed by atoms with Crippen LogP contribution in [0.2, 0.25) is 0 Å². The van der Waals surface area contributed by atoms with Gasteiger partial charge in [-0.05, 0) is 31.7 Å². The highest BCUT2D eigenvalue weighted by Crippen LogP contribution is 2.35. The van der Waals surface area contributed by atoms with Crippen LogP contribution in [-0.4, -0.2) is 34.1 Å². The van der Waals surface area contributed by atoms with E-state index in [4.69, 9.17) is 9.47 Å². The normalized spacial score (nSPS) is 20.4. The molecule has 1 aromatic carbocycles. The van der Waals surface area contributed by atoms with Gasteiger partial charge in [0, 0.05) is 24.8 Å². The average molecular weight is 328 g/mol. The quantitative estimate of drug-likeness (QED) is 0.806. The van der Waals surface area contributed by atoms with Crippen LogP contribution in [0.25, 0.3) is 0 Å². The van der Waals surface area contributed by atoms with Crippen molar-refractivity contribution in [2.45, 2.75) is 50.9 Å². The zero-order valence-electron chi connectivity index (χ0n) is 13.9. The van der Waals surface area contributed by atoms with Gasteiger partial charge < -0.3 is 19.4 Å². The van der Waals surface area contributed by atoms with Crippen LogP contribution in [0, 0.1) is 0 Å². The Morgan fingerprint density at radius 1 is 1.21 bits per heavy atom. The van der Waals surface area contributed by atoms with E-state index in [0.717, 1.165) is 49.7 Å². The topological polar surface area (TPSA) is 61.2 Å². The van der Waals surface area contributed by atoms with Gasteiger partial charge in [-0.2, -0.15) is 0 Å². The molecule has 4 rings (SSSR count). The highest BCUT2D eigenvalue weighted by Gasteiger charge is 2.25. The van der Waals surface area contributed by atoms with E-state index in [2.05, 4.69) is 26.1 Å². The van der Waals surface area contributed by atoms with Crippen LogP contribution in [0.5, 0.6) is 5.75 Å². The van der Waals surface area contributed by atoms with Gasteiger partial charge in [-0.25, -0.2) is 0 Å². The summed E-state index contributed by atoms with van der Waals surface area (Å²) in [5.41, 5.74) is 1.16. The van der Waals surface area contributed by atoms with Crippen molar-refractivity contribution >= 4 is 0 Å². The van der Waals surface area contributed by atoms with Gasteiger partial charge in [0.2, 0.25) is 0 Å². The van der Waals surface area contributed by atoms with Gasteiger partial charge in [0.1, 0.15) is 24.5 Å². The predicted molar refractivity (Wildman–Crippen MR) is 89.7 cm³/mol. The third-order valence-electron chi connectivity index (χ3n) is 4.61. The van der Waals surface area contributed by atoms with Crippen LogP contribution in [-0.2, 0) is 17.8 Å². The molecule has 6 nitrogen and oxygen atoms in total. The number of nitrogens with zero attached hydrogens (tertiary/aromatic N) is 3. The standard InChI is InChI=1S/C18H24N4O2/c1-2-6-17(24-12-16-5-3-9-23-16)14(4-1)10-19-11-18-21-20-13-22(18)15-7-8-15/h1-2,4,6,13,15-16,19H,3,5,7-12H2/t16-/m1/s1. The molecule has 2 aliphatic rings. The number of ether oxygens (including phenoxy) is 2. The third kappa shape index (κ3) is 3.76. The highest BCUT2D eigenvalue weighted by atomic mass is 16.5. The Hall–Kier alpha value is -1.92. The maximum absolute atomic E-state index is 5.98. The second-order valence-corrected chi connectivity index (χ2v) is 6.54. The molecule has 24 heavy (non-hydrogen) atoms. The van der Waals surface area contributed by atoms with Gasteiger partial charge in [0.05, 0.1) is 12.6 Å². The summed E-state index contributed by atoms with van der Waals surface area (Å²) in [6.45, 7) is 2.96. The molecule has 1 saturated carbocycles. The van der Waals surface area contributed by atoms with Gasteiger partial charge >= 0.3 is 0 Å². The number of para-hydroxylation sites is 1. The lowest BCUT2D eigenvalue weighted by Gasteiger charge is -2.15. The fourth-order valence-corrected chi connectivity index (χ4v) is 3.11. The Morgan fingerprint density at radius 2 is 2.12 bits per heavy atom. The molecule has 1 atom stereocenters. The smallest absolute Gasteiger partial charge is 0.147 e. The number of benzene rings is 1. The molecule has 128 valence electrons. The molecule has 0 amide bonds. The molecule has 2 fully saturated rings. The second kappa shape index (κ2) is 7.32. The van der Waals surface area contributed by atoms with Crippen LogP contribution in [0.4, 0.5) is 0 Å². The van der Waals surface area contributed by atoms with E-state index in [1.165, 1.54) is 12.8 Å². The van der Waals surface area contributed by atoms with Gasteiger partial charge in [-0.3, -0.25) is 0 Å². The number of hydrogen-bond acceptors (Lipinski definition) is 5. The zero-order valence-corrected chi connectivity index (χ0v) is 13.9. The van der Waals surface area contributed by atoms with Crippen molar-refractivity contribution in [2.24, 2.45) is 0 Å². The molecule has 1 aliphatic heterocycles.